The summed E-state index contributed by atoms with van der Waals surface area (Å²) >= 11 is 1.56. The summed E-state index contributed by atoms with van der Waals surface area (Å²) in [5.74, 6) is 1.20. The normalized spacial score (nSPS) is 11.3. The first-order valence-corrected chi connectivity index (χ1v) is 8.52. The molecule has 0 spiro atoms. The second kappa shape index (κ2) is 6.50. The summed E-state index contributed by atoms with van der Waals surface area (Å²) in [6, 6.07) is 7.53. The molecule has 0 radical (unpaired) electrons. The maximum absolute atomic E-state index is 11.6. The van der Waals surface area contributed by atoms with Crippen molar-refractivity contribution in [3.05, 3.63) is 35.0 Å². The third kappa shape index (κ3) is 2.74. The number of carbonyl (C=O) groups is 1. The predicted molar refractivity (Wildman–Crippen MR) is 91.6 cm³/mol. The van der Waals surface area contributed by atoms with Crippen LogP contribution in [0.2, 0.25) is 0 Å². The summed E-state index contributed by atoms with van der Waals surface area (Å²) in [7, 11) is 1.63. The number of imidazole rings is 1. The minimum Gasteiger partial charge on any atom is -0.497 e. The Morgan fingerprint density at radius 3 is 2.52 bits per heavy atom. The molecule has 2 heterocycles. The van der Waals surface area contributed by atoms with E-state index in [1.54, 1.807) is 23.0 Å². The lowest BCUT2D eigenvalue weighted by Gasteiger charge is -2.06. The largest absolute Gasteiger partial charge is 0.497 e. The third-order valence-corrected chi connectivity index (χ3v) is 5.13. The highest BCUT2D eigenvalue weighted by Crippen LogP contribution is 2.31. The highest BCUT2D eigenvalue weighted by atomic mass is 32.1. The Balaban J connectivity index is 2.07. The van der Waals surface area contributed by atoms with E-state index in [-0.39, 0.29) is 0 Å². The Bertz CT molecular complexity index is 816. The van der Waals surface area contributed by atoms with Gasteiger partial charge in [0.05, 0.1) is 7.11 Å². The van der Waals surface area contributed by atoms with Gasteiger partial charge in [0.15, 0.2) is 6.29 Å². The molecule has 0 unspecified atom stereocenters. The van der Waals surface area contributed by atoms with Crippen molar-refractivity contribution < 1.29 is 9.53 Å². The van der Waals surface area contributed by atoms with Gasteiger partial charge in [-0.05, 0) is 37.1 Å². The number of ether oxygens (including phenoxy) is 1. The lowest BCUT2D eigenvalue weighted by molar-refractivity contribution is 0.111. The smallest absolute Gasteiger partial charge is 0.213 e. The van der Waals surface area contributed by atoms with Crippen LogP contribution in [-0.4, -0.2) is 28.0 Å². The van der Waals surface area contributed by atoms with Crippen LogP contribution in [0, 0.1) is 0 Å². The van der Waals surface area contributed by atoms with E-state index in [0.29, 0.717) is 17.3 Å². The van der Waals surface area contributed by atoms with Crippen LogP contribution < -0.4 is 4.74 Å². The van der Waals surface area contributed by atoms with Crippen LogP contribution in [-0.2, 0) is 0 Å². The van der Waals surface area contributed by atoms with Gasteiger partial charge in [-0.15, -0.1) is 0 Å². The summed E-state index contributed by atoms with van der Waals surface area (Å²) in [5.41, 5.74) is 2.05. The van der Waals surface area contributed by atoms with Crippen molar-refractivity contribution in [3.8, 4) is 17.0 Å². The highest BCUT2D eigenvalue weighted by Gasteiger charge is 2.20. The van der Waals surface area contributed by atoms with E-state index in [4.69, 9.17) is 4.74 Å². The molecular weight excluding hydrogens is 310 g/mol. The Labute approximate surface area is 138 Å². The van der Waals surface area contributed by atoms with Crippen LogP contribution in [0.3, 0.4) is 0 Å². The van der Waals surface area contributed by atoms with Crippen LogP contribution in [0.15, 0.2) is 24.3 Å². The van der Waals surface area contributed by atoms with Gasteiger partial charge >= 0.3 is 0 Å². The molecule has 120 valence electrons. The fourth-order valence-electron chi connectivity index (χ4n) is 2.65. The highest BCUT2D eigenvalue weighted by molar-refractivity contribution is 7.16. The topological polar surface area (TPSA) is 56.5 Å². The lowest BCUT2D eigenvalue weighted by atomic mass is 10.1. The second-order valence-electron chi connectivity index (χ2n) is 5.34. The standard InChI is InChI=1S/C17H19N3O2S/c1-4-11(5-2)16-19-20-14(10-21)15(18-17(20)23-16)12-6-8-13(22-3)9-7-12/h6-11H,4-5H2,1-3H3. The fraction of sp³-hybridized carbons (Fsp3) is 0.353. The molecule has 5 nitrogen and oxygen atoms in total. The molecule has 3 aromatic rings. The lowest BCUT2D eigenvalue weighted by Crippen LogP contribution is -1.99. The number of nitrogens with zero attached hydrogens (tertiary/aromatic N) is 3. The molecule has 0 N–H and O–H groups in total. The van der Waals surface area contributed by atoms with Crippen LogP contribution in [0.5, 0.6) is 5.75 Å². The summed E-state index contributed by atoms with van der Waals surface area (Å²) in [5, 5.41) is 5.67. The Morgan fingerprint density at radius 1 is 1.26 bits per heavy atom. The molecule has 0 aliphatic heterocycles. The third-order valence-electron chi connectivity index (χ3n) is 4.06. The summed E-state index contributed by atoms with van der Waals surface area (Å²) in [6.45, 7) is 4.31. The summed E-state index contributed by atoms with van der Waals surface area (Å²) < 4.78 is 6.84. The zero-order valence-electron chi connectivity index (χ0n) is 13.4. The van der Waals surface area contributed by atoms with Gasteiger partial charge in [-0.2, -0.15) is 9.61 Å². The van der Waals surface area contributed by atoms with E-state index in [1.807, 2.05) is 24.3 Å². The molecule has 1 aromatic carbocycles. The van der Waals surface area contributed by atoms with Crippen LogP contribution in [0.1, 0.15) is 48.1 Å². The molecule has 6 heteroatoms. The number of benzene rings is 1. The number of rotatable bonds is 6. The van der Waals surface area contributed by atoms with Crippen molar-refractivity contribution >= 4 is 22.6 Å². The zero-order valence-corrected chi connectivity index (χ0v) is 14.3. The monoisotopic (exact) mass is 329 g/mol. The zero-order chi connectivity index (χ0) is 16.4. The van der Waals surface area contributed by atoms with Crippen molar-refractivity contribution in [2.75, 3.05) is 7.11 Å². The quantitative estimate of drug-likeness (QED) is 0.637. The van der Waals surface area contributed by atoms with Gasteiger partial charge in [-0.3, -0.25) is 4.79 Å². The second-order valence-corrected chi connectivity index (χ2v) is 6.33. The van der Waals surface area contributed by atoms with E-state index in [9.17, 15) is 4.79 Å². The van der Waals surface area contributed by atoms with Gasteiger partial charge < -0.3 is 4.74 Å². The number of carbonyl (C=O) groups excluding carboxylic acids is 1. The Kier molecular flexibility index (Phi) is 4.43. The van der Waals surface area contributed by atoms with Crippen molar-refractivity contribution in [2.45, 2.75) is 32.6 Å². The van der Waals surface area contributed by atoms with E-state index in [1.165, 1.54) is 0 Å². The SMILES string of the molecule is CCC(CC)c1nn2c(C=O)c(-c3ccc(OC)cc3)nc2s1. The van der Waals surface area contributed by atoms with Gasteiger partial charge in [-0.25, -0.2) is 4.98 Å². The number of hydrogen-bond acceptors (Lipinski definition) is 5. The van der Waals surface area contributed by atoms with Crippen LogP contribution in [0.25, 0.3) is 16.2 Å². The molecule has 0 amide bonds. The van der Waals surface area contributed by atoms with Gasteiger partial charge in [-0.1, -0.05) is 25.2 Å². The molecule has 0 atom stereocenters. The minimum absolute atomic E-state index is 0.422. The number of hydrogen-bond donors (Lipinski definition) is 0. The van der Waals surface area contributed by atoms with Crippen LogP contribution >= 0.6 is 11.3 Å². The van der Waals surface area contributed by atoms with Crippen LogP contribution in [0.4, 0.5) is 0 Å². The van der Waals surface area contributed by atoms with Gasteiger partial charge in [0.2, 0.25) is 4.96 Å². The van der Waals surface area contributed by atoms with E-state index >= 15 is 0 Å². The number of aldehydes is 1. The van der Waals surface area contributed by atoms with Gasteiger partial charge in [0.25, 0.3) is 0 Å². The predicted octanol–water partition coefficient (Wildman–Crippen LogP) is 4.18. The number of fused-ring (bicyclic) bond motifs is 1. The molecule has 0 saturated heterocycles. The molecule has 0 aliphatic rings. The first kappa shape index (κ1) is 15.7. The molecule has 2 aromatic heterocycles. The summed E-state index contributed by atoms with van der Waals surface area (Å²) in [6.07, 6.45) is 2.90. The van der Waals surface area contributed by atoms with Crippen molar-refractivity contribution in [3.63, 3.8) is 0 Å². The molecule has 0 bridgehead atoms. The van der Waals surface area contributed by atoms with Crippen molar-refractivity contribution in [1.29, 1.82) is 0 Å². The van der Waals surface area contributed by atoms with E-state index in [2.05, 4.69) is 23.9 Å². The number of aromatic nitrogens is 3. The molecule has 0 saturated carbocycles. The Hall–Kier alpha value is -2.21. The molecular formula is C17H19N3O2S. The molecule has 3 rings (SSSR count). The first-order valence-electron chi connectivity index (χ1n) is 7.70. The summed E-state index contributed by atoms with van der Waals surface area (Å²) in [4.78, 5) is 17.0. The average Bonchev–Trinajstić information content (AvgIpc) is 3.13. The van der Waals surface area contributed by atoms with E-state index < -0.39 is 0 Å². The number of methoxy groups -OCH3 is 1. The first-order chi connectivity index (χ1) is 11.2. The Morgan fingerprint density at radius 2 is 1.96 bits per heavy atom. The van der Waals surface area contributed by atoms with Gasteiger partial charge in [0, 0.05) is 11.5 Å². The average molecular weight is 329 g/mol. The maximum atomic E-state index is 11.6. The molecule has 0 fully saturated rings. The van der Waals surface area contributed by atoms with Crippen molar-refractivity contribution in [2.24, 2.45) is 0 Å². The maximum Gasteiger partial charge on any atom is 0.213 e. The molecule has 0 aliphatic carbocycles. The fourth-order valence-corrected chi connectivity index (χ4v) is 3.82. The van der Waals surface area contributed by atoms with Crippen molar-refractivity contribution in [1.82, 2.24) is 14.6 Å². The van der Waals surface area contributed by atoms with E-state index in [0.717, 1.165) is 40.4 Å². The minimum atomic E-state index is 0.422. The van der Waals surface area contributed by atoms with Gasteiger partial charge in [0.1, 0.15) is 22.1 Å². The molecule has 23 heavy (non-hydrogen) atoms.